The molecule has 0 spiro atoms. The number of halogens is 1. The number of aliphatic hydroxyl groups excluding tert-OH is 1. The van der Waals surface area contributed by atoms with Gasteiger partial charge in [0, 0.05) is 24.4 Å². The Morgan fingerprint density at radius 3 is 2.85 bits per heavy atom. The summed E-state index contributed by atoms with van der Waals surface area (Å²) >= 11 is 0. The summed E-state index contributed by atoms with van der Waals surface area (Å²) in [7, 11) is 0. The van der Waals surface area contributed by atoms with Gasteiger partial charge in [0.05, 0.1) is 6.61 Å². The van der Waals surface area contributed by atoms with E-state index in [1.54, 1.807) is 6.20 Å². The minimum Gasteiger partial charge on any atom is -0.395 e. The average Bonchev–Trinajstić information content (AvgIpc) is 2.09. The summed E-state index contributed by atoms with van der Waals surface area (Å²) in [6.45, 7) is 2.00. The Bertz CT molecular complexity index is 255. The molecular weight excluding hydrogens is 188 g/mol. The van der Waals surface area contributed by atoms with E-state index in [1.165, 1.54) is 0 Å². The lowest BCUT2D eigenvalue weighted by Crippen LogP contribution is -2.27. The molecular formula is C9H15ClN2O. The summed E-state index contributed by atoms with van der Waals surface area (Å²) in [5.74, 6) is 0. The van der Waals surface area contributed by atoms with Gasteiger partial charge in [-0.05, 0) is 18.6 Å². The highest BCUT2D eigenvalue weighted by atomic mass is 35.5. The standard InChI is InChI=1S/C9H14N2O.ClH/c1-7-3-2-4-11-9(7)5-8(10)6-12;/h2-4,8,12H,5-6,10H2,1H3;1H. The monoisotopic (exact) mass is 202 g/mol. The highest BCUT2D eigenvalue weighted by molar-refractivity contribution is 5.85. The number of nitrogens with zero attached hydrogens (tertiary/aromatic N) is 1. The van der Waals surface area contributed by atoms with Gasteiger partial charge in [-0.1, -0.05) is 6.07 Å². The van der Waals surface area contributed by atoms with Crippen LogP contribution in [-0.2, 0) is 6.42 Å². The molecule has 0 amide bonds. The van der Waals surface area contributed by atoms with Crippen molar-refractivity contribution in [2.24, 2.45) is 5.73 Å². The van der Waals surface area contributed by atoms with Crippen molar-refractivity contribution < 1.29 is 5.11 Å². The van der Waals surface area contributed by atoms with E-state index in [0.717, 1.165) is 11.3 Å². The van der Waals surface area contributed by atoms with Gasteiger partial charge >= 0.3 is 0 Å². The Hall–Kier alpha value is -0.640. The maximum Gasteiger partial charge on any atom is 0.0586 e. The second-order valence-corrected chi connectivity index (χ2v) is 2.91. The fraction of sp³-hybridized carbons (Fsp3) is 0.444. The van der Waals surface area contributed by atoms with Crippen LogP contribution < -0.4 is 5.73 Å². The number of hydrogen-bond acceptors (Lipinski definition) is 3. The third-order valence-corrected chi connectivity index (χ3v) is 1.81. The minimum absolute atomic E-state index is 0. The highest BCUT2D eigenvalue weighted by Gasteiger charge is 2.04. The molecule has 0 aliphatic rings. The summed E-state index contributed by atoms with van der Waals surface area (Å²) < 4.78 is 0. The smallest absolute Gasteiger partial charge is 0.0586 e. The van der Waals surface area contributed by atoms with Crippen molar-refractivity contribution >= 4 is 12.4 Å². The van der Waals surface area contributed by atoms with E-state index >= 15 is 0 Å². The van der Waals surface area contributed by atoms with Crippen LogP contribution in [0.3, 0.4) is 0 Å². The topological polar surface area (TPSA) is 59.1 Å². The average molecular weight is 203 g/mol. The molecule has 0 aromatic carbocycles. The van der Waals surface area contributed by atoms with Crippen molar-refractivity contribution in [2.45, 2.75) is 19.4 Å². The molecule has 4 heteroatoms. The Morgan fingerprint density at radius 1 is 1.62 bits per heavy atom. The first kappa shape index (κ1) is 12.4. The van der Waals surface area contributed by atoms with Gasteiger partial charge in [0.25, 0.3) is 0 Å². The van der Waals surface area contributed by atoms with Crippen LogP contribution in [0.5, 0.6) is 0 Å². The molecule has 0 saturated heterocycles. The van der Waals surface area contributed by atoms with Gasteiger partial charge < -0.3 is 10.8 Å². The van der Waals surface area contributed by atoms with E-state index in [1.807, 2.05) is 19.1 Å². The van der Waals surface area contributed by atoms with Gasteiger partial charge in [0.2, 0.25) is 0 Å². The maximum absolute atomic E-state index is 8.73. The van der Waals surface area contributed by atoms with Crippen molar-refractivity contribution in [3.8, 4) is 0 Å². The highest BCUT2D eigenvalue weighted by Crippen LogP contribution is 2.04. The Kier molecular flexibility index (Phi) is 5.62. The quantitative estimate of drug-likeness (QED) is 0.758. The number of aromatic nitrogens is 1. The molecule has 1 rings (SSSR count). The summed E-state index contributed by atoms with van der Waals surface area (Å²) in [6, 6.07) is 3.69. The molecule has 0 saturated carbocycles. The number of nitrogens with two attached hydrogens (primary N) is 1. The molecule has 0 radical (unpaired) electrons. The summed E-state index contributed by atoms with van der Waals surface area (Å²) in [4.78, 5) is 4.18. The van der Waals surface area contributed by atoms with Crippen molar-refractivity contribution in [3.63, 3.8) is 0 Å². The van der Waals surface area contributed by atoms with Crippen molar-refractivity contribution in [1.82, 2.24) is 4.98 Å². The fourth-order valence-electron chi connectivity index (χ4n) is 1.04. The summed E-state index contributed by atoms with van der Waals surface area (Å²) in [6.07, 6.45) is 2.38. The molecule has 1 atom stereocenters. The van der Waals surface area contributed by atoms with Gasteiger partial charge in [-0.15, -0.1) is 12.4 Å². The van der Waals surface area contributed by atoms with Gasteiger partial charge in [-0.3, -0.25) is 4.98 Å². The zero-order valence-electron chi connectivity index (χ0n) is 7.60. The molecule has 0 aliphatic carbocycles. The van der Waals surface area contributed by atoms with Crippen LogP contribution in [0.1, 0.15) is 11.3 Å². The molecule has 0 fully saturated rings. The van der Waals surface area contributed by atoms with E-state index in [4.69, 9.17) is 10.8 Å². The number of aliphatic hydroxyl groups is 1. The van der Waals surface area contributed by atoms with E-state index in [-0.39, 0.29) is 25.1 Å². The van der Waals surface area contributed by atoms with Crippen molar-refractivity contribution in [3.05, 3.63) is 29.6 Å². The molecule has 74 valence electrons. The van der Waals surface area contributed by atoms with Gasteiger partial charge in [0.1, 0.15) is 0 Å². The van der Waals surface area contributed by atoms with Crippen LogP contribution in [0.2, 0.25) is 0 Å². The van der Waals surface area contributed by atoms with E-state index in [2.05, 4.69) is 4.98 Å². The maximum atomic E-state index is 8.73. The number of pyridine rings is 1. The first-order valence-electron chi connectivity index (χ1n) is 4.01. The normalized spacial score (nSPS) is 11.9. The van der Waals surface area contributed by atoms with Gasteiger partial charge in [-0.25, -0.2) is 0 Å². The van der Waals surface area contributed by atoms with Gasteiger partial charge in [0.15, 0.2) is 0 Å². The third-order valence-electron chi connectivity index (χ3n) is 1.81. The zero-order valence-corrected chi connectivity index (χ0v) is 8.42. The third kappa shape index (κ3) is 3.72. The predicted octanol–water partition coefficient (Wildman–Crippen LogP) is 0.674. The Labute approximate surface area is 84.4 Å². The number of hydrogen-bond donors (Lipinski definition) is 2. The SMILES string of the molecule is Cc1cccnc1CC(N)CO.Cl. The van der Waals surface area contributed by atoms with E-state index in [9.17, 15) is 0 Å². The second kappa shape index (κ2) is 5.91. The van der Waals surface area contributed by atoms with Crippen LogP contribution in [0.25, 0.3) is 0 Å². The molecule has 13 heavy (non-hydrogen) atoms. The number of rotatable bonds is 3. The Balaban J connectivity index is 0.00000144. The van der Waals surface area contributed by atoms with Crippen molar-refractivity contribution in [1.29, 1.82) is 0 Å². The molecule has 0 aliphatic heterocycles. The van der Waals surface area contributed by atoms with Crippen LogP contribution >= 0.6 is 12.4 Å². The molecule has 1 heterocycles. The second-order valence-electron chi connectivity index (χ2n) is 2.91. The summed E-state index contributed by atoms with van der Waals surface area (Å²) in [5.41, 5.74) is 7.68. The molecule has 1 aromatic heterocycles. The summed E-state index contributed by atoms with van der Waals surface area (Å²) in [5, 5.41) is 8.73. The predicted molar refractivity (Wildman–Crippen MR) is 55.0 cm³/mol. The van der Waals surface area contributed by atoms with E-state index in [0.29, 0.717) is 6.42 Å². The minimum atomic E-state index is -0.196. The zero-order chi connectivity index (χ0) is 8.97. The lowest BCUT2D eigenvalue weighted by molar-refractivity contribution is 0.264. The molecule has 0 bridgehead atoms. The first-order valence-corrected chi connectivity index (χ1v) is 4.01. The first-order chi connectivity index (χ1) is 5.74. The van der Waals surface area contributed by atoms with Crippen molar-refractivity contribution in [2.75, 3.05) is 6.61 Å². The molecule has 3 nitrogen and oxygen atoms in total. The van der Waals surface area contributed by atoms with Crippen LogP contribution in [0.15, 0.2) is 18.3 Å². The molecule has 1 aromatic rings. The fourth-order valence-corrected chi connectivity index (χ4v) is 1.04. The lowest BCUT2D eigenvalue weighted by Gasteiger charge is -2.08. The lowest BCUT2D eigenvalue weighted by atomic mass is 10.1. The molecule has 3 N–H and O–H groups in total. The van der Waals surface area contributed by atoms with E-state index < -0.39 is 0 Å². The van der Waals surface area contributed by atoms with Crippen LogP contribution in [0.4, 0.5) is 0 Å². The molecule has 1 unspecified atom stereocenters. The number of aryl methyl sites for hydroxylation is 1. The van der Waals surface area contributed by atoms with Crippen LogP contribution in [0, 0.1) is 6.92 Å². The van der Waals surface area contributed by atoms with Gasteiger partial charge in [-0.2, -0.15) is 0 Å². The Morgan fingerprint density at radius 2 is 2.31 bits per heavy atom. The largest absolute Gasteiger partial charge is 0.395 e. The van der Waals surface area contributed by atoms with Crippen LogP contribution in [-0.4, -0.2) is 22.7 Å².